The maximum atomic E-state index is 13.2. The highest BCUT2D eigenvalue weighted by Gasteiger charge is 2.43. The first kappa shape index (κ1) is 16.1. The molecule has 0 bridgehead atoms. The summed E-state index contributed by atoms with van der Waals surface area (Å²) >= 11 is 0. The van der Waals surface area contributed by atoms with Crippen molar-refractivity contribution in [2.75, 3.05) is 19.0 Å². The molecule has 0 atom stereocenters. The van der Waals surface area contributed by atoms with Crippen molar-refractivity contribution in [3.63, 3.8) is 0 Å². The smallest absolute Gasteiger partial charge is 0.212 e. The molecule has 0 spiro atoms. The Hall–Kier alpha value is -1.76. The summed E-state index contributed by atoms with van der Waals surface area (Å²) in [6, 6.07) is 15.4. The van der Waals surface area contributed by atoms with Gasteiger partial charge in [-0.3, -0.25) is 0 Å². The Kier molecular flexibility index (Phi) is 4.48. The summed E-state index contributed by atoms with van der Waals surface area (Å²) in [6.07, 6.45) is 0.263. The van der Waals surface area contributed by atoms with E-state index in [1.165, 1.54) is 12.1 Å². The number of halogens is 1. The van der Waals surface area contributed by atoms with Gasteiger partial charge in [0.25, 0.3) is 0 Å². The fourth-order valence-electron chi connectivity index (χ4n) is 2.64. The maximum Gasteiger partial charge on any atom is 0.212 e. The second kappa shape index (κ2) is 6.39. The van der Waals surface area contributed by atoms with Gasteiger partial charge in [-0.1, -0.05) is 42.5 Å². The third-order valence-electron chi connectivity index (χ3n) is 3.92. The molecular formula is C17H18FNO3S. The molecule has 0 amide bonds. The van der Waals surface area contributed by atoms with E-state index in [9.17, 15) is 12.8 Å². The van der Waals surface area contributed by atoms with E-state index in [-0.39, 0.29) is 18.0 Å². The zero-order valence-corrected chi connectivity index (χ0v) is 13.4. The largest absolute Gasteiger partial charge is 0.377 e. The number of aryl methyl sites for hydroxylation is 1. The van der Waals surface area contributed by atoms with Gasteiger partial charge in [0.05, 0.1) is 19.0 Å². The summed E-state index contributed by atoms with van der Waals surface area (Å²) < 4.78 is 46.0. The highest BCUT2D eigenvalue weighted by atomic mass is 32.2. The van der Waals surface area contributed by atoms with Gasteiger partial charge in [0, 0.05) is 0 Å². The van der Waals surface area contributed by atoms with Gasteiger partial charge in [0.1, 0.15) is 11.4 Å². The third-order valence-corrected chi connectivity index (χ3v) is 5.37. The molecule has 1 fully saturated rings. The molecule has 2 aromatic carbocycles. The van der Waals surface area contributed by atoms with E-state index >= 15 is 0 Å². The lowest BCUT2D eigenvalue weighted by Crippen LogP contribution is -2.59. The summed E-state index contributed by atoms with van der Waals surface area (Å²) in [6.45, 7) is 0.631. The quantitative estimate of drug-likeness (QED) is 0.881. The number of nitrogens with one attached hydrogen (secondary N) is 1. The SMILES string of the molecule is O=S(=O)(CCc1cccc(F)c1)NC1(c2ccccc2)COC1. The minimum Gasteiger partial charge on any atom is -0.377 e. The van der Waals surface area contributed by atoms with Gasteiger partial charge >= 0.3 is 0 Å². The molecular weight excluding hydrogens is 317 g/mol. The fraction of sp³-hybridized carbons (Fsp3) is 0.294. The van der Waals surface area contributed by atoms with Crippen molar-refractivity contribution in [3.8, 4) is 0 Å². The van der Waals surface area contributed by atoms with Crippen LogP contribution in [0.2, 0.25) is 0 Å². The van der Waals surface area contributed by atoms with Crippen LogP contribution in [-0.4, -0.2) is 27.4 Å². The number of rotatable bonds is 6. The van der Waals surface area contributed by atoms with Crippen molar-refractivity contribution in [3.05, 3.63) is 71.5 Å². The van der Waals surface area contributed by atoms with E-state index in [2.05, 4.69) is 4.72 Å². The van der Waals surface area contributed by atoms with Crippen molar-refractivity contribution < 1.29 is 17.5 Å². The highest BCUT2D eigenvalue weighted by molar-refractivity contribution is 7.89. The van der Waals surface area contributed by atoms with Crippen molar-refractivity contribution in [1.82, 2.24) is 4.72 Å². The van der Waals surface area contributed by atoms with Crippen LogP contribution >= 0.6 is 0 Å². The van der Waals surface area contributed by atoms with Gasteiger partial charge in [0.2, 0.25) is 10.0 Å². The van der Waals surface area contributed by atoms with Crippen molar-refractivity contribution in [2.45, 2.75) is 12.0 Å². The third kappa shape index (κ3) is 3.77. The minimum absolute atomic E-state index is 0.0922. The van der Waals surface area contributed by atoms with Crippen LogP contribution in [0.25, 0.3) is 0 Å². The standard InChI is InChI=1S/C17H18FNO3S/c18-16-8-4-5-14(11-16)9-10-23(20,21)19-17(12-22-13-17)15-6-2-1-3-7-15/h1-8,11,19H,9-10,12-13H2. The summed E-state index contributed by atoms with van der Waals surface area (Å²) in [5.41, 5.74) is 0.858. The van der Waals surface area contributed by atoms with Gasteiger partial charge in [-0.05, 0) is 29.7 Å². The summed E-state index contributed by atoms with van der Waals surface area (Å²) in [5, 5.41) is 0. The van der Waals surface area contributed by atoms with Crippen LogP contribution in [0.3, 0.4) is 0 Å². The van der Waals surface area contributed by atoms with Gasteiger partial charge in [0.15, 0.2) is 0 Å². The first-order valence-electron chi connectivity index (χ1n) is 7.39. The van der Waals surface area contributed by atoms with E-state index in [1.807, 2.05) is 30.3 Å². The van der Waals surface area contributed by atoms with E-state index in [0.29, 0.717) is 18.8 Å². The molecule has 0 radical (unpaired) electrons. The van der Waals surface area contributed by atoms with Crippen LogP contribution in [0.5, 0.6) is 0 Å². The molecule has 0 unspecified atom stereocenters. The lowest BCUT2D eigenvalue weighted by molar-refractivity contribution is -0.0664. The van der Waals surface area contributed by atoms with E-state index in [0.717, 1.165) is 5.56 Å². The topological polar surface area (TPSA) is 55.4 Å². The Morgan fingerprint density at radius 1 is 1.09 bits per heavy atom. The van der Waals surface area contributed by atoms with Crippen LogP contribution in [-0.2, 0) is 26.7 Å². The number of hydrogen-bond donors (Lipinski definition) is 1. The molecule has 1 aliphatic heterocycles. The number of hydrogen-bond acceptors (Lipinski definition) is 3. The molecule has 0 saturated carbocycles. The zero-order chi connectivity index (χ0) is 16.3. The Balaban J connectivity index is 1.70. The predicted octanol–water partition coefficient (Wildman–Crippen LogP) is 2.21. The van der Waals surface area contributed by atoms with E-state index in [1.54, 1.807) is 12.1 Å². The molecule has 6 heteroatoms. The Morgan fingerprint density at radius 2 is 1.83 bits per heavy atom. The normalized spacial score (nSPS) is 16.7. The van der Waals surface area contributed by atoms with Crippen LogP contribution < -0.4 is 4.72 Å². The maximum absolute atomic E-state index is 13.2. The van der Waals surface area contributed by atoms with Crippen molar-refractivity contribution in [2.24, 2.45) is 0 Å². The van der Waals surface area contributed by atoms with Crippen molar-refractivity contribution in [1.29, 1.82) is 0 Å². The fourth-order valence-corrected chi connectivity index (χ4v) is 4.08. The molecule has 1 aliphatic rings. The number of sulfonamides is 1. The lowest BCUT2D eigenvalue weighted by Gasteiger charge is -2.42. The number of ether oxygens (including phenoxy) is 1. The minimum atomic E-state index is -3.51. The Bertz CT molecular complexity index is 773. The van der Waals surface area contributed by atoms with Gasteiger partial charge < -0.3 is 4.74 Å². The van der Waals surface area contributed by atoms with E-state index < -0.39 is 15.6 Å². The highest BCUT2D eigenvalue weighted by Crippen LogP contribution is 2.30. The van der Waals surface area contributed by atoms with Gasteiger partial charge in [-0.2, -0.15) is 4.72 Å². The Labute approximate surface area is 135 Å². The predicted molar refractivity (Wildman–Crippen MR) is 86.0 cm³/mol. The second-order valence-electron chi connectivity index (χ2n) is 5.74. The lowest BCUT2D eigenvalue weighted by atomic mass is 9.89. The molecule has 4 nitrogen and oxygen atoms in total. The first-order chi connectivity index (χ1) is 11.0. The van der Waals surface area contributed by atoms with Crippen molar-refractivity contribution >= 4 is 10.0 Å². The van der Waals surface area contributed by atoms with Crippen LogP contribution in [0, 0.1) is 5.82 Å². The molecule has 23 heavy (non-hydrogen) atoms. The van der Waals surface area contributed by atoms with Crippen LogP contribution in [0.4, 0.5) is 4.39 Å². The molecule has 1 heterocycles. The molecule has 2 aromatic rings. The Morgan fingerprint density at radius 3 is 2.43 bits per heavy atom. The average Bonchev–Trinajstić information content (AvgIpc) is 2.50. The molecule has 0 aliphatic carbocycles. The zero-order valence-electron chi connectivity index (χ0n) is 12.5. The van der Waals surface area contributed by atoms with Crippen LogP contribution in [0.1, 0.15) is 11.1 Å². The average molecular weight is 335 g/mol. The van der Waals surface area contributed by atoms with Gasteiger partial charge in [-0.15, -0.1) is 0 Å². The van der Waals surface area contributed by atoms with Crippen LogP contribution in [0.15, 0.2) is 54.6 Å². The van der Waals surface area contributed by atoms with E-state index in [4.69, 9.17) is 4.74 Å². The summed E-state index contributed by atoms with van der Waals surface area (Å²) in [5.74, 6) is -0.452. The summed E-state index contributed by atoms with van der Waals surface area (Å²) in [7, 11) is -3.51. The molecule has 3 rings (SSSR count). The molecule has 1 saturated heterocycles. The number of benzene rings is 2. The second-order valence-corrected chi connectivity index (χ2v) is 7.58. The monoisotopic (exact) mass is 335 g/mol. The molecule has 1 N–H and O–H groups in total. The summed E-state index contributed by atoms with van der Waals surface area (Å²) in [4.78, 5) is 0. The van der Waals surface area contributed by atoms with Gasteiger partial charge in [-0.25, -0.2) is 12.8 Å². The molecule has 122 valence electrons. The molecule has 0 aromatic heterocycles. The first-order valence-corrected chi connectivity index (χ1v) is 9.04.